The summed E-state index contributed by atoms with van der Waals surface area (Å²) in [6.07, 6.45) is -3.13. The first kappa shape index (κ1) is 13.7. The Balaban J connectivity index is 2.02. The molecule has 0 bridgehead atoms. The first-order valence-electron chi connectivity index (χ1n) is 5.46. The third kappa shape index (κ3) is 5.67. The maximum absolute atomic E-state index is 11.7. The fourth-order valence-electron chi connectivity index (χ4n) is 1.63. The van der Waals surface area contributed by atoms with E-state index in [2.05, 4.69) is 17.0 Å². The van der Waals surface area contributed by atoms with Crippen LogP contribution in [0.1, 0.15) is 13.3 Å². The van der Waals surface area contributed by atoms with Crippen LogP contribution in [0.15, 0.2) is 0 Å². The normalized spacial score (nSPS) is 27.0. The summed E-state index contributed by atoms with van der Waals surface area (Å²) in [5.74, 6) is 0.448. The number of piperidine rings is 1. The molecule has 1 saturated heterocycles. The van der Waals surface area contributed by atoms with Gasteiger partial charge in [0, 0.05) is 6.54 Å². The topological polar surface area (TPSA) is 30.5 Å². The number of hydrogen-bond donors (Lipinski definition) is 1. The lowest BCUT2D eigenvalue weighted by Gasteiger charge is -2.29. The van der Waals surface area contributed by atoms with E-state index in [1.165, 1.54) is 0 Å². The second-order valence-corrected chi connectivity index (χ2v) is 4.05. The van der Waals surface area contributed by atoms with Crippen LogP contribution >= 0.6 is 0 Å². The van der Waals surface area contributed by atoms with Crippen molar-refractivity contribution >= 4 is 0 Å². The van der Waals surface area contributed by atoms with E-state index in [9.17, 15) is 13.2 Å². The molecule has 0 amide bonds. The van der Waals surface area contributed by atoms with Crippen LogP contribution in [0.3, 0.4) is 0 Å². The van der Waals surface area contributed by atoms with Gasteiger partial charge in [-0.1, -0.05) is 6.92 Å². The number of ether oxygens (including phenoxy) is 2. The van der Waals surface area contributed by atoms with Crippen LogP contribution in [0.2, 0.25) is 0 Å². The van der Waals surface area contributed by atoms with Gasteiger partial charge < -0.3 is 14.8 Å². The molecule has 0 aromatic rings. The van der Waals surface area contributed by atoms with Crippen LogP contribution in [0.5, 0.6) is 0 Å². The van der Waals surface area contributed by atoms with Crippen molar-refractivity contribution in [2.75, 3.05) is 32.9 Å². The van der Waals surface area contributed by atoms with Crippen molar-refractivity contribution in [3.05, 3.63) is 0 Å². The Bertz CT molecular complexity index is 199. The van der Waals surface area contributed by atoms with E-state index in [-0.39, 0.29) is 19.3 Å². The Labute approximate surface area is 93.3 Å². The van der Waals surface area contributed by atoms with Crippen LogP contribution in [-0.2, 0) is 9.47 Å². The Morgan fingerprint density at radius 2 is 2.06 bits per heavy atom. The minimum absolute atomic E-state index is 0.0112. The zero-order valence-corrected chi connectivity index (χ0v) is 9.35. The van der Waals surface area contributed by atoms with E-state index in [4.69, 9.17) is 4.74 Å². The molecule has 1 heterocycles. The minimum Gasteiger partial charge on any atom is -0.374 e. The molecule has 2 unspecified atom stereocenters. The van der Waals surface area contributed by atoms with Crippen LogP contribution < -0.4 is 5.32 Å². The number of hydrogen-bond acceptors (Lipinski definition) is 3. The molecule has 1 N–H and O–H groups in total. The lowest BCUT2D eigenvalue weighted by atomic mass is 9.97. The summed E-state index contributed by atoms with van der Waals surface area (Å²) in [6.45, 7) is 2.83. The van der Waals surface area contributed by atoms with Crippen molar-refractivity contribution in [1.29, 1.82) is 0 Å². The van der Waals surface area contributed by atoms with Gasteiger partial charge in [0.25, 0.3) is 0 Å². The molecule has 3 nitrogen and oxygen atoms in total. The smallest absolute Gasteiger partial charge is 0.374 e. The zero-order valence-electron chi connectivity index (χ0n) is 9.35. The van der Waals surface area contributed by atoms with Gasteiger partial charge >= 0.3 is 6.18 Å². The zero-order chi connectivity index (χ0) is 12.0. The average Bonchev–Trinajstić information content (AvgIpc) is 2.18. The first-order chi connectivity index (χ1) is 7.49. The highest BCUT2D eigenvalue weighted by Crippen LogP contribution is 2.15. The second-order valence-electron chi connectivity index (χ2n) is 4.05. The Morgan fingerprint density at radius 3 is 2.69 bits per heavy atom. The van der Waals surface area contributed by atoms with Crippen molar-refractivity contribution in [2.24, 2.45) is 5.92 Å². The predicted molar refractivity (Wildman–Crippen MR) is 53.3 cm³/mol. The molecular weight excluding hydrogens is 223 g/mol. The maximum atomic E-state index is 11.7. The van der Waals surface area contributed by atoms with E-state index in [0.29, 0.717) is 5.92 Å². The van der Waals surface area contributed by atoms with Crippen LogP contribution in [0.25, 0.3) is 0 Å². The highest BCUT2D eigenvalue weighted by molar-refractivity contribution is 4.75. The van der Waals surface area contributed by atoms with Gasteiger partial charge in [0.2, 0.25) is 0 Å². The van der Waals surface area contributed by atoms with Crippen molar-refractivity contribution < 1.29 is 22.6 Å². The molecule has 1 fully saturated rings. The third-order valence-corrected chi connectivity index (χ3v) is 2.58. The van der Waals surface area contributed by atoms with Gasteiger partial charge in [-0.2, -0.15) is 13.2 Å². The number of halogens is 3. The molecule has 1 rings (SSSR count). The van der Waals surface area contributed by atoms with Gasteiger partial charge in [0.1, 0.15) is 6.61 Å². The van der Waals surface area contributed by atoms with E-state index in [0.717, 1.165) is 19.5 Å². The van der Waals surface area contributed by atoms with Crippen LogP contribution in [0, 0.1) is 5.92 Å². The van der Waals surface area contributed by atoms with Crippen LogP contribution in [0.4, 0.5) is 13.2 Å². The van der Waals surface area contributed by atoms with Gasteiger partial charge in [-0.15, -0.1) is 0 Å². The van der Waals surface area contributed by atoms with Gasteiger partial charge in [-0.3, -0.25) is 0 Å². The monoisotopic (exact) mass is 241 g/mol. The molecule has 0 aromatic carbocycles. The fourth-order valence-corrected chi connectivity index (χ4v) is 1.63. The molecule has 0 spiro atoms. The molecule has 0 saturated carbocycles. The fraction of sp³-hybridized carbons (Fsp3) is 1.00. The molecule has 1 aliphatic heterocycles. The summed E-state index contributed by atoms with van der Waals surface area (Å²) in [4.78, 5) is 0. The Morgan fingerprint density at radius 1 is 1.31 bits per heavy atom. The van der Waals surface area contributed by atoms with Crippen molar-refractivity contribution in [3.63, 3.8) is 0 Å². The molecular formula is C10H18F3NO2. The summed E-state index contributed by atoms with van der Waals surface area (Å²) in [5, 5.41) is 3.18. The first-order valence-corrected chi connectivity index (χ1v) is 5.46. The summed E-state index contributed by atoms with van der Waals surface area (Å²) < 4.78 is 45.1. The van der Waals surface area contributed by atoms with Gasteiger partial charge in [-0.25, -0.2) is 0 Å². The van der Waals surface area contributed by atoms with Crippen molar-refractivity contribution in [1.82, 2.24) is 5.32 Å². The number of nitrogens with one attached hydrogen (secondary N) is 1. The minimum atomic E-state index is -4.25. The lowest BCUT2D eigenvalue weighted by Crippen LogP contribution is -2.41. The van der Waals surface area contributed by atoms with Crippen LogP contribution in [-0.4, -0.2) is 45.2 Å². The molecule has 2 atom stereocenters. The van der Waals surface area contributed by atoms with Gasteiger partial charge in [0.05, 0.1) is 19.3 Å². The summed E-state index contributed by atoms with van der Waals surface area (Å²) in [6, 6.07) is 0. The molecule has 0 aromatic heterocycles. The van der Waals surface area contributed by atoms with Gasteiger partial charge in [-0.05, 0) is 18.9 Å². The SMILES string of the molecule is CC1CCNCC1OCCOCC(F)(F)F. The molecule has 16 heavy (non-hydrogen) atoms. The maximum Gasteiger partial charge on any atom is 0.411 e. The molecule has 96 valence electrons. The molecule has 1 aliphatic rings. The number of alkyl halides is 3. The quantitative estimate of drug-likeness (QED) is 0.741. The highest BCUT2D eigenvalue weighted by atomic mass is 19.4. The second kappa shape index (κ2) is 6.42. The van der Waals surface area contributed by atoms with E-state index < -0.39 is 12.8 Å². The highest BCUT2D eigenvalue weighted by Gasteiger charge is 2.27. The largest absolute Gasteiger partial charge is 0.411 e. The van der Waals surface area contributed by atoms with E-state index >= 15 is 0 Å². The predicted octanol–water partition coefficient (Wildman–Crippen LogP) is 1.58. The standard InChI is InChI=1S/C10H18F3NO2/c1-8-2-3-14-6-9(8)16-5-4-15-7-10(11,12)13/h8-9,14H,2-7H2,1H3. The molecule has 6 heteroatoms. The summed E-state index contributed by atoms with van der Waals surface area (Å²) >= 11 is 0. The molecule has 0 radical (unpaired) electrons. The van der Waals surface area contributed by atoms with E-state index in [1.54, 1.807) is 0 Å². The molecule has 0 aliphatic carbocycles. The summed E-state index contributed by atoms with van der Waals surface area (Å²) in [5.41, 5.74) is 0. The van der Waals surface area contributed by atoms with Crippen molar-refractivity contribution in [3.8, 4) is 0 Å². The lowest BCUT2D eigenvalue weighted by molar-refractivity contribution is -0.178. The third-order valence-electron chi connectivity index (χ3n) is 2.58. The van der Waals surface area contributed by atoms with Gasteiger partial charge in [0.15, 0.2) is 0 Å². The number of rotatable bonds is 5. The Kier molecular flexibility index (Phi) is 5.51. The summed E-state index contributed by atoms with van der Waals surface area (Å²) in [7, 11) is 0. The average molecular weight is 241 g/mol. The van der Waals surface area contributed by atoms with Crippen molar-refractivity contribution in [2.45, 2.75) is 25.6 Å². The Hall–Kier alpha value is -0.330. The van der Waals surface area contributed by atoms with E-state index in [1.807, 2.05) is 0 Å².